The first-order valence-electron chi connectivity index (χ1n) is 9.31. The van der Waals surface area contributed by atoms with Crippen LogP contribution in [0.1, 0.15) is 38.5 Å². The van der Waals surface area contributed by atoms with Gasteiger partial charge in [-0.2, -0.15) is 0 Å². The van der Waals surface area contributed by atoms with E-state index in [0.717, 1.165) is 38.8 Å². The van der Waals surface area contributed by atoms with Gasteiger partial charge in [0.1, 0.15) is 6.04 Å². The summed E-state index contributed by atoms with van der Waals surface area (Å²) in [6, 6.07) is -1.10. The lowest BCUT2D eigenvalue weighted by Gasteiger charge is -2.33. The molecule has 0 radical (unpaired) electrons. The lowest BCUT2D eigenvalue weighted by molar-refractivity contribution is -0.138. The number of carbonyl (C=O) groups excluding carboxylic acids is 2. The molecule has 2 saturated heterocycles. The largest absolute Gasteiger partial charge is 0.480 e. The van der Waals surface area contributed by atoms with Gasteiger partial charge in [-0.05, 0) is 38.0 Å². The Morgan fingerprint density at radius 2 is 1.88 bits per heavy atom. The zero-order chi connectivity index (χ0) is 19.1. The van der Waals surface area contributed by atoms with Crippen LogP contribution in [0.5, 0.6) is 0 Å². The van der Waals surface area contributed by atoms with Gasteiger partial charge in [-0.1, -0.05) is 0 Å². The van der Waals surface area contributed by atoms with Crippen LogP contribution in [0.3, 0.4) is 0 Å². The summed E-state index contributed by atoms with van der Waals surface area (Å²) < 4.78 is 2.29. The van der Waals surface area contributed by atoms with Gasteiger partial charge in [0.15, 0.2) is 0 Å². The second-order valence-corrected chi connectivity index (χ2v) is 8.63. The zero-order valence-electron chi connectivity index (χ0n) is 15.0. The Hall–Kier alpha value is -0.940. The second-order valence-electron chi connectivity index (χ2n) is 7.26. The fourth-order valence-corrected chi connectivity index (χ4v) is 4.09. The summed E-state index contributed by atoms with van der Waals surface area (Å²) in [4.78, 5) is 37.2. The Kier molecular flexibility index (Phi) is 8.55. The molecular formula is C17H29IN4O4. The van der Waals surface area contributed by atoms with Crippen LogP contribution in [-0.4, -0.2) is 69.7 Å². The van der Waals surface area contributed by atoms with Crippen molar-refractivity contribution in [3.05, 3.63) is 0 Å². The molecule has 148 valence electrons. The van der Waals surface area contributed by atoms with Crippen molar-refractivity contribution in [2.24, 2.45) is 17.6 Å². The zero-order valence-corrected chi connectivity index (χ0v) is 17.2. The van der Waals surface area contributed by atoms with Crippen LogP contribution in [0.25, 0.3) is 0 Å². The molecule has 26 heavy (non-hydrogen) atoms. The highest BCUT2D eigenvalue weighted by Crippen LogP contribution is 2.25. The van der Waals surface area contributed by atoms with E-state index in [4.69, 9.17) is 10.8 Å². The van der Waals surface area contributed by atoms with E-state index in [1.807, 2.05) is 0 Å². The van der Waals surface area contributed by atoms with Crippen molar-refractivity contribution >= 4 is 40.6 Å². The lowest BCUT2D eigenvalue weighted by Crippen LogP contribution is -2.48. The quantitative estimate of drug-likeness (QED) is 0.363. The number of aliphatic carboxylic acids is 1. The molecule has 0 aromatic carbocycles. The summed E-state index contributed by atoms with van der Waals surface area (Å²) in [5.41, 5.74) is 5.41. The summed E-state index contributed by atoms with van der Waals surface area (Å²) in [5, 5.41) is 11.4. The molecule has 2 heterocycles. The molecule has 0 aliphatic carbocycles. The Balaban J connectivity index is 1.73. The third kappa shape index (κ3) is 6.66. The van der Waals surface area contributed by atoms with Gasteiger partial charge in [-0.3, -0.25) is 14.4 Å². The third-order valence-electron chi connectivity index (χ3n) is 5.28. The highest BCUT2D eigenvalue weighted by Gasteiger charge is 2.29. The van der Waals surface area contributed by atoms with Crippen LogP contribution in [0, 0.1) is 11.8 Å². The van der Waals surface area contributed by atoms with Gasteiger partial charge in [0.25, 0.3) is 0 Å². The van der Waals surface area contributed by atoms with Gasteiger partial charge in [-0.25, -0.2) is 3.11 Å². The molecule has 2 fully saturated rings. The minimum absolute atomic E-state index is 0.0892. The van der Waals surface area contributed by atoms with E-state index in [9.17, 15) is 14.4 Å². The molecule has 8 nitrogen and oxygen atoms in total. The standard InChI is InChI=1S/C17H29IN4O4/c18-22-8-5-12(6-9-22)3-4-15(23)21-7-1-2-13(11-21)16(24)20-10-14(19)17(25)26/h12-14H,1-11,19H2,(H,20,24)(H,25,26). The smallest absolute Gasteiger partial charge is 0.322 e. The molecule has 0 spiro atoms. The number of nitrogens with zero attached hydrogens (tertiary/aromatic N) is 2. The summed E-state index contributed by atoms with van der Waals surface area (Å²) in [6.45, 7) is 3.20. The molecule has 0 aromatic rings. The number of likely N-dealkylation sites (tertiary alicyclic amines) is 1. The van der Waals surface area contributed by atoms with Gasteiger partial charge < -0.3 is 21.1 Å². The Bertz CT molecular complexity index is 511. The van der Waals surface area contributed by atoms with Crippen LogP contribution in [-0.2, 0) is 14.4 Å². The van der Waals surface area contributed by atoms with Crippen LogP contribution in [0.2, 0.25) is 0 Å². The molecule has 2 aliphatic heterocycles. The molecule has 2 atom stereocenters. The number of nitrogens with two attached hydrogens (primary N) is 1. The number of hydrogen-bond donors (Lipinski definition) is 3. The van der Waals surface area contributed by atoms with Gasteiger partial charge in [0.2, 0.25) is 11.8 Å². The number of piperidine rings is 2. The van der Waals surface area contributed by atoms with Crippen molar-refractivity contribution in [2.75, 3.05) is 32.7 Å². The average Bonchev–Trinajstić information content (AvgIpc) is 2.65. The molecule has 9 heteroatoms. The van der Waals surface area contributed by atoms with Crippen molar-refractivity contribution in [1.82, 2.24) is 13.3 Å². The maximum atomic E-state index is 12.5. The number of carboxylic acid groups (broad SMARTS) is 1. The fraction of sp³-hybridized carbons (Fsp3) is 0.824. The highest BCUT2D eigenvalue weighted by atomic mass is 127. The topological polar surface area (TPSA) is 116 Å². The van der Waals surface area contributed by atoms with Crippen molar-refractivity contribution in [3.63, 3.8) is 0 Å². The average molecular weight is 480 g/mol. The molecular weight excluding hydrogens is 451 g/mol. The normalized spacial score (nSPS) is 23.5. The van der Waals surface area contributed by atoms with Gasteiger partial charge in [0, 0.05) is 62.0 Å². The maximum absolute atomic E-state index is 12.5. The molecule has 0 bridgehead atoms. The number of hydrogen-bond acceptors (Lipinski definition) is 5. The van der Waals surface area contributed by atoms with Crippen LogP contribution < -0.4 is 11.1 Å². The van der Waals surface area contributed by atoms with E-state index in [2.05, 4.69) is 31.3 Å². The number of halogens is 1. The third-order valence-corrected chi connectivity index (χ3v) is 6.25. The van der Waals surface area contributed by atoms with Gasteiger partial charge in [0.05, 0.1) is 5.92 Å². The predicted molar refractivity (Wildman–Crippen MR) is 105 cm³/mol. The summed E-state index contributed by atoms with van der Waals surface area (Å²) in [5.74, 6) is -0.892. The molecule has 2 unspecified atom stereocenters. The van der Waals surface area contributed by atoms with Crippen molar-refractivity contribution in [1.29, 1.82) is 0 Å². The molecule has 2 amide bonds. The maximum Gasteiger partial charge on any atom is 0.322 e. The van der Waals surface area contributed by atoms with E-state index in [0.29, 0.717) is 31.8 Å². The molecule has 2 rings (SSSR count). The van der Waals surface area contributed by atoms with E-state index >= 15 is 0 Å². The number of carbonyl (C=O) groups is 3. The molecule has 0 saturated carbocycles. The van der Waals surface area contributed by atoms with E-state index in [-0.39, 0.29) is 24.3 Å². The first-order valence-corrected chi connectivity index (χ1v) is 10.3. The monoisotopic (exact) mass is 480 g/mol. The number of rotatable bonds is 7. The van der Waals surface area contributed by atoms with Crippen molar-refractivity contribution in [2.45, 2.75) is 44.6 Å². The SMILES string of the molecule is NC(CNC(=O)C1CCCN(C(=O)CCC2CCN(I)CC2)C1)C(=O)O. The van der Waals surface area contributed by atoms with Gasteiger partial charge in [-0.15, -0.1) is 0 Å². The van der Waals surface area contributed by atoms with Crippen LogP contribution in [0.15, 0.2) is 0 Å². The summed E-state index contributed by atoms with van der Waals surface area (Å²) in [7, 11) is 0. The van der Waals surface area contributed by atoms with E-state index < -0.39 is 12.0 Å². The minimum Gasteiger partial charge on any atom is -0.480 e. The summed E-state index contributed by atoms with van der Waals surface area (Å²) in [6.07, 6.45) is 5.26. The number of amides is 2. The first kappa shape index (κ1) is 21.4. The molecule has 4 N–H and O–H groups in total. The molecule has 2 aliphatic rings. The van der Waals surface area contributed by atoms with Crippen molar-refractivity contribution in [3.8, 4) is 0 Å². The van der Waals surface area contributed by atoms with Gasteiger partial charge >= 0.3 is 5.97 Å². The van der Waals surface area contributed by atoms with Crippen molar-refractivity contribution < 1.29 is 19.5 Å². The van der Waals surface area contributed by atoms with Crippen LogP contribution in [0.4, 0.5) is 0 Å². The lowest BCUT2D eigenvalue weighted by atomic mass is 9.92. The highest BCUT2D eigenvalue weighted by molar-refractivity contribution is 14.1. The minimum atomic E-state index is -1.14. The predicted octanol–water partition coefficient (Wildman–Crippen LogP) is 0.595. The molecule has 0 aromatic heterocycles. The Labute approximate surface area is 168 Å². The second kappa shape index (κ2) is 10.4. The summed E-state index contributed by atoms with van der Waals surface area (Å²) >= 11 is 2.35. The first-order chi connectivity index (χ1) is 12.4. The van der Waals surface area contributed by atoms with E-state index in [1.54, 1.807) is 4.90 Å². The number of nitrogens with one attached hydrogen (secondary N) is 1. The Morgan fingerprint density at radius 1 is 1.19 bits per heavy atom. The number of carboxylic acids is 1. The Morgan fingerprint density at radius 3 is 2.54 bits per heavy atom. The van der Waals surface area contributed by atoms with E-state index in [1.165, 1.54) is 0 Å². The fourth-order valence-electron chi connectivity index (χ4n) is 3.54. The van der Waals surface area contributed by atoms with Crippen LogP contribution >= 0.6 is 22.9 Å².